The Morgan fingerprint density at radius 1 is 0.862 bits per heavy atom. The summed E-state index contributed by atoms with van der Waals surface area (Å²) in [4.78, 5) is 14.6. The quantitative estimate of drug-likeness (QED) is 0.586. The second-order valence-electron chi connectivity index (χ2n) is 6.92. The third kappa shape index (κ3) is 4.43. The first-order valence-electron chi connectivity index (χ1n) is 9.72. The Kier molecular flexibility index (Phi) is 6.23. The second-order valence-corrected chi connectivity index (χ2v) is 8.78. The summed E-state index contributed by atoms with van der Waals surface area (Å²) in [6.07, 6.45) is 0. The van der Waals surface area contributed by atoms with Crippen LogP contribution >= 0.6 is 0 Å². The number of sulfonamides is 1. The Bertz CT molecular complexity index is 1100. The third-order valence-corrected chi connectivity index (χ3v) is 6.80. The Morgan fingerprint density at radius 3 is 2.10 bits per heavy atom. The number of nitrogens with zero attached hydrogens (tertiary/aromatic N) is 2. The topological polar surface area (TPSA) is 57.7 Å². The zero-order valence-electron chi connectivity index (χ0n) is 17.0. The molecular formula is C23H26N2O3S. The summed E-state index contributed by atoms with van der Waals surface area (Å²) in [6, 6.07) is 19.8. The van der Waals surface area contributed by atoms with E-state index >= 15 is 0 Å². The van der Waals surface area contributed by atoms with Gasteiger partial charge in [-0.25, -0.2) is 8.42 Å². The highest BCUT2D eigenvalue weighted by atomic mass is 32.2. The molecule has 0 fully saturated rings. The predicted molar refractivity (Wildman–Crippen MR) is 118 cm³/mol. The molecule has 0 bridgehead atoms. The lowest BCUT2D eigenvalue weighted by Crippen LogP contribution is -2.43. The first-order valence-corrected chi connectivity index (χ1v) is 11.2. The van der Waals surface area contributed by atoms with Crippen molar-refractivity contribution in [2.24, 2.45) is 0 Å². The van der Waals surface area contributed by atoms with E-state index in [0.29, 0.717) is 18.8 Å². The van der Waals surface area contributed by atoms with E-state index in [0.717, 1.165) is 16.3 Å². The van der Waals surface area contributed by atoms with E-state index in [1.54, 1.807) is 35.2 Å². The summed E-state index contributed by atoms with van der Waals surface area (Å²) in [5.74, 6) is -0.222. The predicted octanol–water partition coefficient (Wildman–Crippen LogP) is 4.21. The Hall–Kier alpha value is -2.86. The van der Waals surface area contributed by atoms with Crippen LogP contribution in [0.5, 0.6) is 0 Å². The first-order chi connectivity index (χ1) is 13.9. The molecule has 3 aromatic carbocycles. The van der Waals surface area contributed by atoms with Crippen molar-refractivity contribution >= 4 is 32.4 Å². The highest BCUT2D eigenvalue weighted by Crippen LogP contribution is 2.26. The first kappa shape index (κ1) is 20.9. The molecule has 0 spiro atoms. The maximum absolute atomic E-state index is 13.6. The van der Waals surface area contributed by atoms with Crippen molar-refractivity contribution < 1.29 is 13.2 Å². The van der Waals surface area contributed by atoms with Gasteiger partial charge in [0.1, 0.15) is 6.54 Å². The number of carbonyl (C=O) groups excluding carboxylic acids is 1. The molecule has 0 aliphatic rings. The maximum Gasteiger partial charge on any atom is 0.264 e. The number of aryl methyl sites for hydroxylation is 1. The molecule has 0 saturated carbocycles. The molecule has 0 aromatic heterocycles. The number of hydrogen-bond donors (Lipinski definition) is 0. The van der Waals surface area contributed by atoms with Crippen LogP contribution in [-0.4, -0.2) is 38.9 Å². The van der Waals surface area contributed by atoms with Gasteiger partial charge < -0.3 is 4.90 Å². The maximum atomic E-state index is 13.6. The van der Waals surface area contributed by atoms with Crippen LogP contribution in [0.3, 0.4) is 0 Å². The van der Waals surface area contributed by atoms with E-state index in [-0.39, 0.29) is 17.3 Å². The van der Waals surface area contributed by atoms with Crippen LogP contribution in [0.2, 0.25) is 0 Å². The minimum absolute atomic E-state index is 0.170. The third-order valence-electron chi connectivity index (χ3n) is 5.03. The summed E-state index contributed by atoms with van der Waals surface area (Å²) in [5.41, 5.74) is 1.50. The van der Waals surface area contributed by atoms with E-state index in [9.17, 15) is 13.2 Å². The fourth-order valence-corrected chi connectivity index (χ4v) is 4.73. The molecule has 0 aliphatic carbocycles. The Balaban J connectivity index is 2.07. The van der Waals surface area contributed by atoms with Crippen molar-refractivity contribution in [1.82, 2.24) is 4.90 Å². The van der Waals surface area contributed by atoms with Crippen LogP contribution in [0.1, 0.15) is 19.4 Å². The molecule has 0 unspecified atom stereocenters. The van der Waals surface area contributed by atoms with Gasteiger partial charge in [-0.3, -0.25) is 9.10 Å². The normalized spacial score (nSPS) is 11.4. The highest BCUT2D eigenvalue weighted by Gasteiger charge is 2.28. The van der Waals surface area contributed by atoms with Crippen LogP contribution < -0.4 is 4.31 Å². The van der Waals surface area contributed by atoms with Gasteiger partial charge in [-0.05, 0) is 55.8 Å². The lowest BCUT2D eigenvalue weighted by atomic mass is 10.1. The van der Waals surface area contributed by atoms with Crippen molar-refractivity contribution in [3.05, 3.63) is 72.3 Å². The van der Waals surface area contributed by atoms with Crippen LogP contribution in [0.15, 0.2) is 71.6 Å². The molecule has 0 heterocycles. The average molecular weight is 411 g/mol. The summed E-state index contributed by atoms with van der Waals surface area (Å²) in [6.45, 7) is 6.54. The summed E-state index contributed by atoms with van der Waals surface area (Å²) >= 11 is 0. The largest absolute Gasteiger partial charge is 0.342 e. The highest BCUT2D eigenvalue weighted by molar-refractivity contribution is 7.92. The summed E-state index contributed by atoms with van der Waals surface area (Å²) in [5, 5.41) is 1.81. The monoisotopic (exact) mass is 410 g/mol. The average Bonchev–Trinajstić information content (AvgIpc) is 2.73. The molecule has 1 amide bonds. The Morgan fingerprint density at radius 2 is 1.48 bits per heavy atom. The van der Waals surface area contributed by atoms with E-state index in [1.807, 2.05) is 57.2 Å². The fraction of sp³-hybridized carbons (Fsp3) is 0.261. The van der Waals surface area contributed by atoms with Crippen molar-refractivity contribution in [1.29, 1.82) is 0 Å². The molecule has 0 saturated heterocycles. The molecule has 6 heteroatoms. The Labute approximate surface area is 172 Å². The molecule has 0 N–H and O–H groups in total. The van der Waals surface area contributed by atoms with Gasteiger partial charge in [0, 0.05) is 13.1 Å². The zero-order chi connectivity index (χ0) is 21.0. The zero-order valence-corrected chi connectivity index (χ0v) is 17.8. The van der Waals surface area contributed by atoms with Crippen LogP contribution in [0.25, 0.3) is 10.8 Å². The van der Waals surface area contributed by atoms with E-state index in [1.165, 1.54) is 4.31 Å². The van der Waals surface area contributed by atoms with Crippen LogP contribution in [-0.2, 0) is 14.8 Å². The number of likely N-dealkylation sites (N-methyl/N-ethyl adjacent to an activating group) is 1. The smallest absolute Gasteiger partial charge is 0.264 e. The molecule has 3 rings (SSSR count). The van der Waals surface area contributed by atoms with Crippen LogP contribution in [0, 0.1) is 6.92 Å². The lowest BCUT2D eigenvalue weighted by molar-refractivity contribution is -0.129. The summed E-state index contributed by atoms with van der Waals surface area (Å²) in [7, 11) is -3.92. The molecule has 152 valence electrons. The van der Waals surface area contributed by atoms with Gasteiger partial charge in [0.2, 0.25) is 5.91 Å². The standard InChI is InChI=1S/C23H26N2O3S/c1-4-24(5-2)23(26)17-25(21-13-10-18(3)11-14-21)29(27,28)22-15-12-19-8-6-7-9-20(19)16-22/h6-16H,4-5,17H2,1-3H3. The van der Waals surface area contributed by atoms with Gasteiger partial charge in [-0.15, -0.1) is 0 Å². The van der Waals surface area contributed by atoms with Gasteiger partial charge in [-0.2, -0.15) is 0 Å². The van der Waals surface area contributed by atoms with Gasteiger partial charge in [0.15, 0.2) is 0 Å². The summed E-state index contributed by atoms with van der Waals surface area (Å²) < 4.78 is 28.3. The number of benzene rings is 3. The number of rotatable bonds is 7. The number of hydrogen-bond acceptors (Lipinski definition) is 3. The SMILES string of the molecule is CCN(CC)C(=O)CN(c1ccc(C)cc1)S(=O)(=O)c1ccc2ccccc2c1. The molecule has 0 aliphatic heterocycles. The number of fused-ring (bicyclic) bond motifs is 1. The fourth-order valence-electron chi connectivity index (χ4n) is 3.28. The lowest BCUT2D eigenvalue weighted by Gasteiger charge is -2.27. The van der Waals surface area contributed by atoms with Gasteiger partial charge in [-0.1, -0.05) is 48.0 Å². The van der Waals surface area contributed by atoms with Gasteiger partial charge in [0.05, 0.1) is 10.6 Å². The van der Waals surface area contributed by atoms with E-state index < -0.39 is 10.0 Å². The molecule has 3 aromatic rings. The second kappa shape index (κ2) is 8.66. The molecule has 5 nitrogen and oxygen atoms in total. The molecule has 0 atom stereocenters. The minimum Gasteiger partial charge on any atom is -0.342 e. The van der Waals surface area contributed by atoms with Crippen molar-refractivity contribution in [2.45, 2.75) is 25.7 Å². The molecular weight excluding hydrogens is 384 g/mol. The van der Waals surface area contributed by atoms with E-state index in [4.69, 9.17) is 0 Å². The van der Waals surface area contributed by atoms with Crippen LogP contribution in [0.4, 0.5) is 5.69 Å². The number of amides is 1. The van der Waals surface area contributed by atoms with Crippen molar-refractivity contribution in [3.63, 3.8) is 0 Å². The number of carbonyl (C=O) groups is 1. The van der Waals surface area contributed by atoms with E-state index in [2.05, 4.69) is 0 Å². The number of anilines is 1. The minimum atomic E-state index is -3.92. The van der Waals surface area contributed by atoms with Crippen molar-refractivity contribution in [3.8, 4) is 0 Å². The molecule has 29 heavy (non-hydrogen) atoms. The van der Waals surface area contributed by atoms with Gasteiger partial charge >= 0.3 is 0 Å². The van der Waals surface area contributed by atoms with Crippen molar-refractivity contribution in [2.75, 3.05) is 23.9 Å². The van der Waals surface area contributed by atoms with Gasteiger partial charge in [0.25, 0.3) is 10.0 Å². The molecule has 0 radical (unpaired) electrons.